The Hall–Kier alpha value is -2.72. The quantitative estimate of drug-likeness (QED) is 0.727. The van der Waals surface area contributed by atoms with Gasteiger partial charge < -0.3 is 0 Å². The third kappa shape index (κ3) is 2.14. The molecule has 0 N–H and O–H groups in total. The van der Waals surface area contributed by atoms with Crippen LogP contribution in [0.2, 0.25) is 0 Å². The van der Waals surface area contributed by atoms with E-state index in [1.54, 1.807) is 11.7 Å². The predicted octanol–water partition coefficient (Wildman–Crippen LogP) is 2.18. The summed E-state index contributed by atoms with van der Waals surface area (Å²) in [5.74, 6) is 0.401. The van der Waals surface area contributed by atoms with Gasteiger partial charge in [-0.25, -0.2) is 9.67 Å². The molecule has 7 heteroatoms. The summed E-state index contributed by atoms with van der Waals surface area (Å²) in [6, 6.07) is 7.59. The maximum absolute atomic E-state index is 12.5. The Labute approximate surface area is 130 Å². The minimum absolute atomic E-state index is 0.0511. The van der Waals surface area contributed by atoms with Crippen LogP contribution in [-0.4, -0.2) is 19.3 Å². The number of hydrogen-bond donors (Lipinski definition) is 0. The zero-order chi connectivity index (χ0) is 15.9. The number of aryl methyl sites for hydroxylation is 2. The molecule has 3 aromatic rings. The SMILES string of the molecule is Cc1cc(C)n(-c2nc(-c3cccs3)c(C#N)c(=O)n2C)n1. The average molecular weight is 311 g/mol. The third-order valence-electron chi connectivity index (χ3n) is 3.33. The van der Waals surface area contributed by atoms with Crippen LogP contribution in [0.4, 0.5) is 0 Å². The molecule has 0 radical (unpaired) electrons. The molecule has 6 nitrogen and oxygen atoms in total. The van der Waals surface area contributed by atoms with Gasteiger partial charge in [0.25, 0.3) is 5.56 Å². The lowest BCUT2D eigenvalue weighted by Crippen LogP contribution is -2.27. The fourth-order valence-corrected chi connectivity index (χ4v) is 3.02. The lowest BCUT2D eigenvalue weighted by molar-refractivity contribution is 0.688. The van der Waals surface area contributed by atoms with Gasteiger partial charge in [-0.15, -0.1) is 11.3 Å². The molecule has 3 aromatic heterocycles. The molecule has 0 saturated heterocycles. The number of hydrogen-bond acceptors (Lipinski definition) is 5. The van der Waals surface area contributed by atoms with Gasteiger partial charge in [0.15, 0.2) is 0 Å². The highest BCUT2D eigenvalue weighted by Crippen LogP contribution is 2.25. The van der Waals surface area contributed by atoms with E-state index in [0.717, 1.165) is 16.3 Å². The monoisotopic (exact) mass is 311 g/mol. The van der Waals surface area contributed by atoms with Crippen molar-refractivity contribution in [3.05, 3.63) is 50.9 Å². The Morgan fingerprint density at radius 3 is 2.68 bits per heavy atom. The molecule has 0 aliphatic heterocycles. The Kier molecular flexibility index (Phi) is 3.39. The lowest BCUT2D eigenvalue weighted by Gasteiger charge is -2.11. The van der Waals surface area contributed by atoms with Crippen molar-refractivity contribution in [1.82, 2.24) is 19.3 Å². The molecule has 22 heavy (non-hydrogen) atoms. The molecule has 3 heterocycles. The van der Waals surface area contributed by atoms with Crippen LogP contribution >= 0.6 is 11.3 Å². The first-order valence-electron chi connectivity index (χ1n) is 6.61. The van der Waals surface area contributed by atoms with E-state index in [1.807, 2.05) is 43.5 Å². The van der Waals surface area contributed by atoms with E-state index in [4.69, 9.17) is 0 Å². The van der Waals surface area contributed by atoms with Crippen LogP contribution in [0.1, 0.15) is 17.0 Å². The summed E-state index contributed by atoms with van der Waals surface area (Å²) < 4.78 is 2.98. The van der Waals surface area contributed by atoms with Gasteiger partial charge in [-0.1, -0.05) is 6.07 Å². The summed E-state index contributed by atoms with van der Waals surface area (Å²) in [6.07, 6.45) is 0. The van der Waals surface area contributed by atoms with E-state index < -0.39 is 0 Å². The zero-order valence-corrected chi connectivity index (χ0v) is 13.2. The molecule has 0 aliphatic rings. The van der Waals surface area contributed by atoms with Gasteiger partial charge in [0.05, 0.1) is 10.6 Å². The molecule has 0 bridgehead atoms. The Morgan fingerprint density at radius 2 is 2.14 bits per heavy atom. The summed E-state index contributed by atoms with van der Waals surface area (Å²) in [7, 11) is 1.60. The second-order valence-corrected chi connectivity index (χ2v) is 5.88. The summed E-state index contributed by atoms with van der Waals surface area (Å²) in [4.78, 5) is 17.8. The molecule has 0 amide bonds. The lowest BCUT2D eigenvalue weighted by atomic mass is 10.2. The molecule has 0 fully saturated rings. The Bertz CT molecular complexity index is 944. The summed E-state index contributed by atoms with van der Waals surface area (Å²) in [5, 5.41) is 15.6. The van der Waals surface area contributed by atoms with Crippen LogP contribution in [-0.2, 0) is 7.05 Å². The molecular formula is C15H13N5OS. The highest BCUT2D eigenvalue weighted by atomic mass is 32.1. The fourth-order valence-electron chi connectivity index (χ4n) is 2.30. The third-order valence-corrected chi connectivity index (χ3v) is 4.21. The molecule has 0 aliphatic carbocycles. The first-order valence-corrected chi connectivity index (χ1v) is 7.49. The average Bonchev–Trinajstić information content (AvgIpc) is 3.11. The van der Waals surface area contributed by atoms with Crippen molar-refractivity contribution in [3.8, 4) is 22.6 Å². The van der Waals surface area contributed by atoms with Crippen LogP contribution in [0.5, 0.6) is 0 Å². The maximum atomic E-state index is 12.5. The van der Waals surface area contributed by atoms with Gasteiger partial charge in [-0.3, -0.25) is 9.36 Å². The van der Waals surface area contributed by atoms with Crippen LogP contribution in [0.25, 0.3) is 16.5 Å². The molecule has 0 atom stereocenters. The fraction of sp³-hybridized carbons (Fsp3) is 0.200. The van der Waals surface area contributed by atoms with Crippen molar-refractivity contribution in [3.63, 3.8) is 0 Å². The maximum Gasteiger partial charge on any atom is 0.273 e. The number of aromatic nitrogens is 4. The molecule has 110 valence electrons. The van der Waals surface area contributed by atoms with E-state index in [2.05, 4.69) is 10.1 Å². The van der Waals surface area contributed by atoms with Gasteiger partial charge in [-0.05, 0) is 31.4 Å². The smallest absolute Gasteiger partial charge is 0.273 e. The van der Waals surface area contributed by atoms with Crippen molar-refractivity contribution in [2.75, 3.05) is 0 Å². The van der Waals surface area contributed by atoms with Crippen LogP contribution in [0.3, 0.4) is 0 Å². The minimum Gasteiger partial charge on any atom is -0.279 e. The van der Waals surface area contributed by atoms with E-state index in [0.29, 0.717) is 11.6 Å². The normalized spacial score (nSPS) is 10.6. The number of rotatable bonds is 2. The van der Waals surface area contributed by atoms with Gasteiger partial charge in [0, 0.05) is 12.7 Å². The molecule has 3 rings (SSSR count). The van der Waals surface area contributed by atoms with Gasteiger partial charge in [0.2, 0.25) is 5.95 Å². The first-order chi connectivity index (χ1) is 10.5. The molecular weight excluding hydrogens is 298 g/mol. The van der Waals surface area contributed by atoms with Crippen molar-refractivity contribution in [2.24, 2.45) is 7.05 Å². The Balaban J connectivity index is 2.36. The molecule has 0 saturated carbocycles. The highest BCUT2D eigenvalue weighted by molar-refractivity contribution is 7.13. The van der Waals surface area contributed by atoms with Crippen LogP contribution < -0.4 is 5.56 Å². The number of nitrogens with zero attached hydrogens (tertiary/aromatic N) is 5. The minimum atomic E-state index is -0.372. The standard InChI is InChI=1S/C15H13N5OS/c1-9-7-10(2)20(18-9)15-17-13(12-5-4-6-22-12)11(8-16)14(21)19(15)3/h4-7H,1-3H3. The van der Waals surface area contributed by atoms with E-state index in [-0.39, 0.29) is 11.1 Å². The second kappa shape index (κ2) is 5.24. The van der Waals surface area contributed by atoms with E-state index in [1.165, 1.54) is 15.9 Å². The Morgan fingerprint density at radius 1 is 1.36 bits per heavy atom. The van der Waals surface area contributed by atoms with Crippen LogP contribution in [0, 0.1) is 25.2 Å². The van der Waals surface area contributed by atoms with Gasteiger partial charge in [-0.2, -0.15) is 10.4 Å². The largest absolute Gasteiger partial charge is 0.279 e. The predicted molar refractivity (Wildman–Crippen MR) is 84.1 cm³/mol. The molecule has 0 aromatic carbocycles. The van der Waals surface area contributed by atoms with Crippen molar-refractivity contribution < 1.29 is 0 Å². The van der Waals surface area contributed by atoms with E-state index in [9.17, 15) is 10.1 Å². The second-order valence-electron chi connectivity index (χ2n) is 4.93. The molecule has 0 unspecified atom stereocenters. The molecule has 0 spiro atoms. The van der Waals surface area contributed by atoms with Gasteiger partial charge in [0.1, 0.15) is 17.3 Å². The van der Waals surface area contributed by atoms with E-state index >= 15 is 0 Å². The first kappa shape index (κ1) is 14.2. The van der Waals surface area contributed by atoms with Crippen LogP contribution in [0.15, 0.2) is 28.4 Å². The topological polar surface area (TPSA) is 76.5 Å². The summed E-state index contributed by atoms with van der Waals surface area (Å²) in [6.45, 7) is 3.78. The van der Waals surface area contributed by atoms with Crippen molar-refractivity contribution in [2.45, 2.75) is 13.8 Å². The summed E-state index contributed by atoms with van der Waals surface area (Å²) in [5.41, 5.74) is 1.80. The van der Waals surface area contributed by atoms with Crippen molar-refractivity contribution in [1.29, 1.82) is 5.26 Å². The summed E-state index contributed by atoms with van der Waals surface area (Å²) >= 11 is 1.44. The number of thiophene rings is 1. The highest BCUT2D eigenvalue weighted by Gasteiger charge is 2.19. The van der Waals surface area contributed by atoms with Gasteiger partial charge >= 0.3 is 0 Å². The zero-order valence-electron chi connectivity index (χ0n) is 12.4. The number of nitriles is 1. The van der Waals surface area contributed by atoms with Crippen molar-refractivity contribution >= 4 is 11.3 Å².